The van der Waals surface area contributed by atoms with E-state index < -0.39 is 0 Å². The summed E-state index contributed by atoms with van der Waals surface area (Å²) in [6, 6.07) is 21.0. The molecule has 8 nitrogen and oxygen atoms in total. The third kappa shape index (κ3) is 6.90. The minimum Gasteiger partial charge on any atom is -0.381 e. The minimum atomic E-state index is -0.0747. The first kappa shape index (κ1) is 29.0. The van der Waals surface area contributed by atoms with Gasteiger partial charge in [0.2, 0.25) is 5.95 Å². The predicted molar refractivity (Wildman–Crippen MR) is 176 cm³/mol. The average Bonchev–Trinajstić information content (AvgIpc) is 3.05. The lowest BCUT2D eigenvalue weighted by atomic mass is 9.74. The number of nitrogens with one attached hydrogen (secondary N) is 2. The lowest BCUT2D eigenvalue weighted by Gasteiger charge is -2.38. The second-order valence-electron chi connectivity index (χ2n) is 11.5. The Hall–Kier alpha value is -3.14. The van der Waals surface area contributed by atoms with Crippen LogP contribution in [0.1, 0.15) is 37.7 Å². The first-order chi connectivity index (χ1) is 20.6. The van der Waals surface area contributed by atoms with E-state index in [1.165, 1.54) is 30.5 Å². The van der Waals surface area contributed by atoms with E-state index in [-0.39, 0.29) is 5.41 Å². The van der Waals surface area contributed by atoms with Gasteiger partial charge in [-0.25, -0.2) is 0 Å². The van der Waals surface area contributed by atoms with Gasteiger partial charge in [0.15, 0.2) is 5.11 Å². The lowest BCUT2D eigenvalue weighted by molar-refractivity contribution is 0.0515. The van der Waals surface area contributed by atoms with Crippen molar-refractivity contribution in [3.63, 3.8) is 0 Å². The molecule has 10 heteroatoms. The molecule has 6 rings (SSSR count). The molecule has 3 fully saturated rings. The van der Waals surface area contributed by atoms with Crippen LogP contribution in [-0.4, -0.2) is 74.1 Å². The maximum absolute atomic E-state index is 6.19. The van der Waals surface area contributed by atoms with Crippen molar-refractivity contribution in [1.29, 1.82) is 0 Å². The quantitative estimate of drug-likeness (QED) is 0.341. The molecule has 0 radical (unpaired) electrons. The van der Waals surface area contributed by atoms with Crippen LogP contribution in [0.25, 0.3) is 0 Å². The Morgan fingerprint density at radius 3 is 2.10 bits per heavy atom. The number of hydrogen-bond donors (Lipinski definition) is 2. The Morgan fingerprint density at radius 2 is 1.43 bits per heavy atom. The normalized spacial score (nSPS) is 18.9. The van der Waals surface area contributed by atoms with E-state index in [0.717, 1.165) is 82.0 Å². The Balaban J connectivity index is 1.16. The van der Waals surface area contributed by atoms with Crippen LogP contribution >= 0.6 is 23.8 Å². The number of hydrogen-bond acceptors (Lipinski definition) is 7. The van der Waals surface area contributed by atoms with E-state index in [1.54, 1.807) is 0 Å². The number of aromatic nitrogens is 2. The van der Waals surface area contributed by atoms with Crippen molar-refractivity contribution in [3.8, 4) is 0 Å². The van der Waals surface area contributed by atoms with Gasteiger partial charge >= 0.3 is 0 Å². The molecule has 3 aromatic rings. The molecule has 3 saturated heterocycles. The van der Waals surface area contributed by atoms with E-state index in [1.807, 2.05) is 12.1 Å². The number of thiocarbonyl (C=S) groups is 1. The van der Waals surface area contributed by atoms with Crippen LogP contribution in [0.3, 0.4) is 0 Å². The molecule has 2 N–H and O–H groups in total. The molecule has 0 amide bonds. The van der Waals surface area contributed by atoms with E-state index in [4.69, 9.17) is 38.5 Å². The van der Waals surface area contributed by atoms with E-state index in [2.05, 4.69) is 73.9 Å². The van der Waals surface area contributed by atoms with E-state index in [9.17, 15) is 0 Å². The predicted octanol–water partition coefficient (Wildman–Crippen LogP) is 5.48. The number of nitrogens with zero attached hydrogens (tertiary/aromatic N) is 5. The van der Waals surface area contributed by atoms with Crippen LogP contribution in [0.4, 0.5) is 23.3 Å². The summed E-state index contributed by atoms with van der Waals surface area (Å²) in [6.07, 6.45) is 5.49. The monoisotopic (exact) mass is 605 g/mol. The molecule has 2 aromatic carbocycles. The van der Waals surface area contributed by atoms with Gasteiger partial charge in [-0.2, -0.15) is 9.97 Å². The van der Waals surface area contributed by atoms with Crippen LogP contribution < -0.4 is 25.3 Å². The molecule has 42 heavy (non-hydrogen) atoms. The molecule has 0 unspecified atom stereocenters. The number of para-hydroxylation sites is 1. The summed E-state index contributed by atoms with van der Waals surface area (Å²) >= 11 is 12.0. The van der Waals surface area contributed by atoms with Gasteiger partial charge in [0.05, 0.1) is 0 Å². The van der Waals surface area contributed by atoms with Crippen molar-refractivity contribution in [2.45, 2.75) is 37.5 Å². The Kier molecular flexibility index (Phi) is 9.27. The molecule has 4 heterocycles. The van der Waals surface area contributed by atoms with Crippen molar-refractivity contribution < 1.29 is 4.74 Å². The smallest absolute Gasteiger partial charge is 0.232 e. The summed E-state index contributed by atoms with van der Waals surface area (Å²) in [5.41, 5.74) is 2.45. The summed E-state index contributed by atoms with van der Waals surface area (Å²) in [4.78, 5) is 17.1. The largest absolute Gasteiger partial charge is 0.381 e. The molecular formula is C32H40ClN7OS. The van der Waals surface area contributed by atoms with Crippen LogP contribution in [0.5, 0.6) is 0 Å². The fourth-order valence-electron chi connectivity index (χ4n) is 6.29. The highest BCUT2D eigenvalue weighted by atomic mass is 35.5. The summed E-state index contributed by atoms with van der Waals surface area (Å²) in [5.74, 6) is 2.46. The summed E-state index contributed by atoms with van der Waals surface area (Å²) in [7, 11) is 0. The topological polar surface area (TPSA) is 68.8 Å². The van der Waals surface area contributed by atoms with Gasteiger partial charge in [0.1, 0.15) is 11.6 Å². The zero-order valence-electron chi connectivity index (χ0n) is 24.1. The van der Waals surface area contributed by atoms with Crippen molar-refractivity contribution in [2.75, 3.05) is 79.0 Å². The van der Waals surface area contributed by atoms with Crippen molar-refractivity contribution >= 4 is 52.2 Å². The minimum absolute atomic E-state index is 0.0747. The molecule has 0 bridgehead atoms. The molecule has 0 saturated carbocycles. The number of anilines is 4. The maximum Gasteiger partial charge on any atom is 0.232 e. The summed E-state index contributed by atoms with van der Waals surface area (Å²) < 4.78 is 5.71. The average molecular weight is 606 g/mol. The number of benzene rings is 2. The number of ether oxygens (including phenoxy) is 1. The van der Waals surface area contributed by atoms with Gasteiger partial charge in [-0.15, -0.1) is 0 Å². The van der Waals surface area contributed by atoms with Crippen LogP contribution in [0.15, 0.2) is 60.7 Å². The second kappa shape index (κ2) is 13.4. The molecule has 0 spiro atoms. The van der Waals surface area contributed by atoms with Crippen molar-refractivity contribution in [1.82, 2.24) is 15.3 Å². The van der Waals surface area contributed by atoms with Gasteiger partial charge in [0, 0.05) is 81.2 Å². The third-order valence-electron chi connectivity index (χ3n) is 8.82. The number of piperidine rings is 1. The van der Waals surface area contributed by atoms with Crippen LogP contribution in [0, 0.1) is 0 Å². The highest BCUT2D eigenvalue weighted by Gasteiger charge is 2.34. The Bertz CT molecular complexity index is 1320. The molecule has 3 aliphatic heterocycles. The molecule has 3 aliphatic rings. The second-order valence-corrected chi connectivity index (χ2v) is 12.3. The Morgan fingerprint density at radius 1 is 0.810 bits per heavy atom. The van der Waals surface area contributed by atoms with Crippen LogP contribution in [0.2, 0.25) is 5.02 Å². The summed E-state index contributed by atoms with van der Waals surface area (Å²) in [5, 5.41) is 8.11. The third-order valence-corrected chi connectivity index (χ3v) is 9.32. The summed E-state index contributed by atoms with van der Waals surface area (Å²) in [6.45, 7) is 7.90. The fourth-order valence-corrected chi connectivity index (χ4v) is 6.58. The SMILES string of the molecule is S=C(NCC1(c2ccc(Cl)cc2)CCOCC1)Nc1nc(N2CCCCC2)cc(N2CCN(c3ccccc3)CC2)n1. The first-order valence-electron chi connectivity index (χ1n) is 15.2. The Labute approximate surface area is 259 Å². The van der Waals surface area contributed by atoms with Crippen molar-refractivity contribution in [2.24, 2.45) is 0 Å². The first-order valence-corrected chi connectivity index (χ1v) is 15.9. The van der Waals surface area contributed by atoms with E-state index >= 15 is 0 Å². The molecule has 0 aliphatic carbocycles. The number of piperazine rings is 1. The van der Waals surface area contributed by atoms with Crippen molar-refractivity contribution in [3.05, 3.63) is 71.2 Å². The zero-order valence-corrected chi connectivity index (χ0v) is 25.7. The van der Waals surface area contributed by atoms with Gasteiger partial charge in [-0.1, -0.05) is 41.9 Å². The van der Waals surface area contributed by atoms with Crippen LogP contribution in [-0.2, 0) is 10.2 Å². The maximum atomic E-state index is 6.19. The fraction of sp³-hybridized carbons (Fsp3) is 0.469. The lowest BCUT2D eigenvalue weighted by Crippen LogP contribution is -2.47. The molecule has 222 valence electrons. The number of halogens is 1. The van der Waals surface area contributed by atoms with Gasteiger partial charge in [-0.3, -0.25) is 0 Å². The molecular weight excluding hydrogens is 566 g/mol. The zero-order chi connectivity index (χ0) is 28.8. The highest BCUT2D eigenvalue weighted by Crippen LogP contribution is 2.35. The standard InChI is InChI=1S/C32H40ClN7OS/c33-26-11-9-25(10-12-26)32(13-21-41-22-14-32)24-34-31(42)37-30-35-28(39-15-5-2-6-16-39)23-29(36-30)40-19-17-38(18-20-40)27-7-3-1-4-8-27/h1,3-4,7-12,23H,2,5-6,13-22,24H2,(H2,34,35,36,37,42). The van der Waals surface area contributed by atoms with Gasteiger partial charge in [0.25, 0.3) is 0 Å². The van der Waals surface area contributed by atoms with E-state index in [0.29, 0.717) is 17.6 Å². The molecule has 0 atom stereocenters. The van der Waals surface area contributed by atoms with Gasteiger partial charge in [-0.05, 0) is 74.2 Å². The number of rotatable bonds is 7. The van der Waals surface area contributed by atoms with Gasteiger partial charge < -0.3 is 30.1 Å². The molecule has 1 aromatic heterocycles. The highest BCUT2D eigenvalue weighted by molar-refractivity contribution is 7.80.